The number of carbonyl (C=O) groups excluding carboxylic acids is 2. The highest BCUT2D eigenvalue weighted by molar-refractivity contribution is 7.98. The molecule has 1 saturated heterocycles. The summed E-state index contributed by atoms with van der Waals surface area (Å²) in [6, 6.07) is 5.95. The molecule has 1 aromatic carbocycles. The summed E-state index contributed by atoms with van der Waals surface area (Å²) in [5, 5.41) is 2.69. The highest BCUT2D eigenvalue weighted by Crippen LogP contribution is 2.22. The topological polar surface area (TPSA) is 75.4 Å². The van der Waals surface area contributed by atoms with Crippen molar-refractivity contribution in [3.05, 3.63) is 24.3 Å². The van der Waals surface area contributed by atoms with Crippen LogP contribution in [0, 0.1) is 0 Å². The molecular weight excluding hydrogens is 250 g/mol. The van der Waals surface area contributed by atoms with Gasteiger partial charge in [-0.3, -0.25) is 4.79 Å². The number of amides is 3. The molecule has 1 aliphatic rings. The minimum absolute atomic E-state index is 0.209. The SMILES string of the molecule is CSCC[C@@H]1NC(=O)N(c2cccc(N)c2)C1=O. The van der Waals surface area contributed by atoms with E-state index in [1.165, 1.54) is 0 Å². The molecule has 0 spiro atoms. The van der Waals surface area contributed by atoms with Crippen molar-refractivity contribution in [3.63, 3.8) is 0 Å². The lowest BCUT2D eigenvalue weighted by atomic mass is 10.2. The van der Waals surface area contributed by atoms with Crippen molar-refractivity contribution in [1.29, 1.82) is 0 Å². The summed E-state index contributed by atoms with van der Waals surface area (Å²) >= 11 is 1.65. The standard InChI is InChI=1S/C12H15N3O2S/c1-18-6-5-10-11(16)15(12(17)14-10)9-4-2-3-8(13)7-9/h2-4,7,10H,5-6,13H2,1H3,(H,14,17)/t10-/m0/s1. The Kier molecular flexibility index (Phi) is 3.76. The first kappa shape index (κ1) is 12.8. The molecule has 0 aliphatic carbocycles. The maximum Gasteiger partial charge on any atom is 0.329 e. The Balaban J connectivity index is 2.19. The minimum atomic E-state index is -0.425. The summed E-state index contributed by atoms with van der Waals surface area (Å²) in [6.07, 6.45) is 2.61. The van der Waals surface area contributed by atoms with E-state index < -0.39 is 6.04 Å². The van der Waals surface area contributed by atoms with Gasteiger partial charge in [-0.15, -0.1) is 0 Å². The van der Waals surface area contributed by atoms with Crippen LogP contribution in [-0.4, -0.2) is 30.0 Å². The Morgan fingerprint density at radius 3 is 2.89 bits per heavy atom. The monoisotopic (exact) mass is 265 g/mol. The van der Waals surface area contributed by atoms with Gasteiger partial charge in [0.2, 0.25) is 0 Å². The fraction of sp³-hybridized carbons (Fsp3) is 0.333. The average molecular weight is 265 g/mol. The Labute approximate surface area is 110 Å². The van der Waals surface area contributed by atoms with Crippen LogP contribution in [0.1, 0.15) is 6.42 Å². The third-order valence-electron chi connectivity index (χ3n) is 2.76. The maximum atomic E-state index is 12.1. The maximum absolute atomic E-state index is 12.1. The van der Waals surface area contributed by atoms with Gasteiger partial charge in [0, 0.05) is 5.69 Å². The molecule has 1 heterocycles. The fourth-order valence-electron chi connectivity index (χ4n) is 1.87. The molecular formula is C12H15N3O2S. The molecule has 18 heavy (non-hydrogen) atoms. The first-order chi connectivity index (χ1) is 8.63. The number of nitrogen functional groups attached to an aromatic ring is 1. The van der Waals surface area contributed by atoms with Crippen LogP contribution in [-0.2, 0) is 4.79 Å². The van der Waals surface area contributed by atoms with E-state index in [0.717, 1.165) is 10.7 Å². The first-order valence-electron chi connectivity index (χ1n) is 5.62. The zero-order valence-electron chi connectivity index (χ0n) is 10.1. The van der Waals surface area contributed by atoms with Crippen molar-refractivity contribution in [2.24, 2.45) is 0 Å². The van der Waals surface area contributed by atoms with E-state index in [2.05, 4.69) is 5.32 Å². The Hall–Kier alpha value is -1.69. The van der Waals surface area contributed by atoms with E-state index >= 15 is 0 Å². The summed E-state index contributed by atoms with van der Waals surface area (Å²) in [6.45, 7) is 0. The third-order valence-corrected chi connectivity index (χ3v) is 3.40. The highest BCUT2D eigenvalue weighted by Gasteiger charge is 2.38. The lowest BCUT2D eigenvalue weighted by molar-refractivity contribution is -0.118. The van der Waals surface area contributed by atoms with Crippen molar-refractivity contribution >= 4 is 35.1 Å². The molecule has 5 nitrogen and oxygen atoms in total. The van der Waals surface area contributed by atoms with Crippen LogP contribution in [0.15, 0.2) is 24.3 Å². The van der Waals surface area contributed by atoms with Crippen molar-refractivity contribution in [1.82, 2.24) is 5.32 Å². The van der Waals surface area contributed by atoms with E-state index in [1.54, 1.807) is 36.0 Å². The van der Waals surface area contributed by atoms with Gasteiger partial charge >= 0.3 is 6.03 Å². The molecule has 1 atom stereocenters. The number of benzene rings is 1. The summed E-state index contributed by atoms with van der Waals surface area (Å²) in [7, 11) is 0. The summed E-state index contributed by atoms with van der Waals surface area (Å²) in [5.74, 6) is 0.626. The lowest BCUT2D eigenvalue weighted by Gasteiger charge is -2.13. The number of anilines is 2. The number of rotatable bonds is 4. The minimum Gasteiger partial charge on any atom is -0.399 e. The summed E-state index contributed by atoms with van der Waals surface area (Å²) < 4.78 is 0. The molecule has 0 aromatic heterocycles. The summed E-state index contributed by atoms with van der Waals surface area (Å²) in [4.78, 5) is 25.1. The number of imide groups is 1. The number of nitrogens with one attached hydrogen (secondary N) is 1. The van der Waals surface area contributed by atoms with Crippen LogP contribution in [0.5, 0.6) is 0 Å². The number of carbonyl (C=O) groups is 2. The Bertz CT molecular complexity index is 478. The molecule has 1 aliphatic heterocycles. The van der Waals surface area contributed by atoms with Crippen molar-refractivity contribution in [2.45, 2.75) is 12.5 Å². The normalized spacial score (nSPS) is 19.2. The second kappa shape index (κ2) is 5.30. The van der Waals surface area contributed by atoms with Gasteiger partial charge in [-0.2, -0.15) is 11.8 Å². The smallest absolute Gasteiger partial charge is 0.329 e. The molecule has 96 valence electrons. The third kappa shape index (κ3) is 2.43. The fourth-order valence-corrected chi connectivity index (χ4v) is 2.34. The molecule has 0 unspecified atom stereocenters. The van der Waals surface area contributed by atoms with Gasteiger partial charge in [-0.05, 0) is 36.6 Å². The summed E-state index contributed by atoms with van der Waals surface area (Å²) in [5.41, 5.74) is 6.71. The van der Waals surface area contributed by atoms with E-state index in [-0.39, 0.29) is 11.9 Å². The Morgan fingerprint density at radius 1 is 1.44 bits per heavy atom. The highest BCUT2D eigenvalue weighted by atomic mass is 32.2. The van der Waals surface area contributed by atoms with Gasteiger partial charge in [0.05, 0.1) is 5.69 Å². The molecule has 2 rings (SSSR count). The second-order valence-corrected chi connectivity index (χ2v) is 5.04. The van der Waals surface area contributed by atoms with Gasteiger partial charge < -0.3 is 11.1 Å². The van der Waals surface area contributed by atoms with Crippen LogP contribution in [0.2, 0.25) is 0 Å². The first-order valence-corrected chi connectivity index (χ1v) is 7.02. The van der Waals surface area contributed by atoms with Gasteiger partial charge in [0.25, 0.3) is 5.91 Å². The number of hydrogen-bond donors (Lipinski definition) is 2. The van der Waals surface area contributed by atoms with Crippen LogP contribution in [0.4, 0.5) is 16.2 Å². The molecule has 1 fully saturated rings. The Morgan fingerprint density at radius 2 is 2.22 bits per heavy atom. The largest absolute Gasteiger partial charge is 0.399 e. The van der Waals surface area contributed by atoms with Crippen LogP contribution < -0.4 is 16.0 Å². The van der Waals surface area contributed by atoms with E-state index in [4.69, 9.17) is 5.73 Å². The number of nitrogens with zero attached hydrogens (tertiary/aromatic N) is 1. The number of urea groups is 1. The predicted molar refractivity (Wildman–Crippen MR) is 73.7 cm³/mol. The molecule has 0 bridgehead atoms. The lowest BCUT2D eigenvalue weighted by Crippen LogP contribution is -2.31. The van der Waals surface area contributed by atoms with E-state index in [9.17, 15) is 9.59 Å². The molecule has 0 saturated carbocycles. The molecule has 3 N–H and O–H groups in total. The number of nitrogens with two attached hydrogens (primary N) is 1. The van der Waals surface area contributed by atoms with Crippen molar-refractivity contribution in [2.75, 3.05) is 22.6 Å². The van der Waals surface area contributed by atoms with Crippen LogP contribution in [0.3, 0.4) is 0 Å². The van der Waals surface area contributed by atoms with Crippen molar-refractivity contribution < 1.29 is 9.59 Å². The van der Waals surface area contributed by atoms with E-state index in [0.29, 0.717) is 17.8 Å². The zero-order valence-corrected chi connectivity index (χ0v) is 10.9. The van der Waals surface area contributed by atoms with Gasteiger partial charge in [0.1, 0.15) is 6.04 Å². The van der Waals surface area contributed by atoms with Crippen molar-refractivity contribution in [3.8, 4) is 0 Å². The van der Waals surface area contributed by atoms with Gasteiger partial charge in [-0.25, -0.2) is 9.69 Å². The molecule has 1 aromatic rings. The molecule has 0 radical (unpaired) electrons. The van der Waals surface area contributed by atoms with E-state index in [1.807, 2.05) is 6.26 Å². The van der Waals surface area contributed by atoms with Crippen LogP contribution >= 0.6 is 11.8 Å². The zero-order chi connectivity index (χ0) is 13.1. The number of hydrogen-bond acceptors (Lipinski definition) is 4. The quantitative estimate of drug-likeness (QED) is 0.638. The second-order valence-electron chi connectivity index (χ2n) is 4.05. The number of thioether (sulfide) groups is 1. The predicted octanol–water partition coefficient (Wildman–Crippen LogP) is 1.45. The van der Waals surface area contributed by atoms with Gasteiger partial charge in [-0.1, -0.05) is 6.07 Å². The van der Waals surface area contributed by atoms with Crippen LogP contribution in [0.25, 0.3) is 0 Å². The molecule has 6 heteroatoms. The molecule has 3 amide bonds. The average Bonchev–Trinajstić information content (AvgIpc) is 2.62. The van der Waals surface area contributed by atoms with Gasteiger partial charge in [0.15, 0.2) is 0 Å².